The van der Waals surface area contributed by atoms with Crippen LogP contribution in [-0.2, 0) is 19.7 Å². The molecule has 0 bridgehead atoms. The van der Waals surface area contributed by atoms with Gasteiger partial charge in [-0.2, -0.15) is 0 Å². The maximum absolute atomic E-state index is 6.20. The summed E-state index contributed by atoms with van der Waals surface area (Å²) in [5.74, 6) is 1.71. The van der Waals surface area contributed by atoms with E-state index in [4.69, 9.17) is 32.7 Å². The molecule has 0 saturated heterocycles. The van der Waals surface area contributed by atoms with Crippen LogP contribution in [-0.4, -0.2) is 7.11 Å². The van der Waals surface area contributed by atoms with E-state index >= 15 is 0 Å². The Hall–Kier alpha value is -2.72. The van der Waals surface area contributed by atoms with Crippen LogP contribution in [0.5, 0.6) is 11.5 Å². The van der Waals surface area contributed by atoms with Gasteiger partial charge in [-0.25, -0.2) is 0 Å². The molecular weight excluding hydrogens is 429 g/mol. The van der Waals surface area contributed by atoms with Gasteiger partial charge in [-0.15, -0.1) is 0 Å². The standard InChI is InChI=1S/C26H23Cl2NO2/c1-30-21-10-6-18(7-11-21)15-29-16-23-22-5-3-2-4-20(22)9-13-26(23)31-17-19-8-12-24(27)25(28)14-19/h2-14,29H,15-17H2,1H3. The number of methoxy groups -OCH3 is 1. The molecule has 3 nitrogen and oxygen atoms in total. The van der Waals surface area contributed by atoms with Gasteiger partial charge in [0.1, 0.15) is 18.1 Å². The zero-order chi connectivity index (χ0) is 21.6. The van der Waals surface area contributed by atoms with Gasteiger partial charge in [0.05, 0.1) is 17.2 Å². The minimum atomic E-state index is 0.417. The zero-order valence-electron chi connectivity index (χ0n) is 17.2. The highest BCUT2D eigenvalue weighted by molar-refractivity contribution is 6.42. The first kappa shape index (κ1) is 21.5. The van der Waals surface area contributed by atoms with Gasteiger partial charge in [-0.3, -0.25) is 0 Å². The summed E-state index contributed by atoms with van der Waals surface area (Å²) in [6.45, 7) is 1.85. The molecule has 5 heteroatoms. The fraction of sp³-hybridized carbons (Fsp3) is 0.154. The number of halogens is 2. The monoisotopic (exact) mass is 451 g/mol. The molecule has 4 rings (SSSR count). The summed E-state index contributed by atoms with van der Waals surface area (Å²) in [7, 11) is 1.67. The van der Waals surface area contributed by atoms with Crippen LogP contribution in [0.1, 0.15) is 16.7 Å². The minimum absolute atomic E-state index is 0.417. The smallest absolute Gasteiger partial charge is 0.124 e. The average molecular weight is 452 g/mol. The Kier molecular flexibility index (Phi) is 6.98. The van der Waals surface area contributed by atoms with Crippen molar-refractivity contribution >= 4 is 34.0 Å². The van der Waals surface area contributed by atoms with Gasteiger partial charge in [-0.1, -0.05) is 71.7 Å². The normalized spacial score (nSPS) is 10.9. The highest BCUT2D eigenvalue weighted by Crippen LogP contribution is 2.30. The van der Waals surface area contributed by atoms with Crippen LogP contribution in [0.3, 0.4) is 0 Å². The molecule has 4 aromatic rings. The van der Waals surface area contributed by atoms with Crippen LogP contribution in [0, 0.1) is 0 Å². The average Bonchev–Trinajstić information content (AvgIpc) is 2.81. The molecule has 0 heterocycles. The molecule has 0 fully saturated rings. The molecule has 0 aliphatic rings. The van der Waals surface area contributed by atoms with E-state index in [0.717, 1.165) is 29.2 Å². The van der Waals surface area contributed by atoms with Crippen molar-refractivity contribution < 1.29 is 9.47 Å². The summed E-state index contributed by atoms with van der Waals surface area (Å²) in [6.07, 6.45) is 0. The number of rotatable bonds is 8. The molecule has 0 unspecified atom stereocenters. The quantitative estimate of drug-likeness (QED) is 0.312. The largest absolute Gasteiger partial charge is 0.497 e. The Morgan fingerprint density at radius 3 is 2.32 bits per heavy atom. The van der Waals surface area contributed by atoms with Crippen molar-refractivity contribution in [3.63, 3.8) is 0 Å². The van der Waals surface area contributed by atoms with Gasteiger partial charge in [0, 0.05) is 18.7 Å². The number of benzene rings is 4. The molecule has 0 spiro atoms. The van der Waals surface area contributed by atoms with E-state index in [1.807, 2.05) is 36.4 Å². The minimum Gasteiger partial charge on any atom is -0.497 e. The third-order valence-corrected chi connectivity index (χ3v) is 5.90. The highest BCUT2D eigenvalue weighted by Gasteiger charge is 2.10. The third kappa shape index (κ3) is 5.31. The SMILES string of the molecule is COc1ccc(CNCc2c(OCc3ccc(Cl)c(Cl)c3)ccc3ccccc23)cc1. The maximum Gasteiger partial charge on any atom is 0.124 e. The fourth-order valence-corrected chi connectivity index (χ4v) is 3.82. The lowest BCUT2D eigenvalue weighted by atomic mass is 10.0. The first-order valence-corrected chi connectivity index (χ1v) is 10.8. The van der Waals surface area contributed by atoms with E-state index in [-0.39, 0.29) is 0 Å². The summed E-state index contributed by atoms with van der Waals surface area (Å²) in [5, 5.41) is 6.98. The molecule has 0 aliphatic heterocycles. The summed E-state index contributed by atoms with van der Waals surface area (Å²) in [6, 6.07) is 26.1. The van der Waals surface area contributed by atoms with Crippen LogP contribution < -0.4 is 14.8 Å². The van der Waals surface area contributed by atoms with E-state index in [1.54, 1.807) is 13.2 Å². The van der Waals surface area contributed by atoms with Crippen molar-refractivity contribution in [2.45, 2.75) is 19.7 Å². The number of nitrogens with one attached hydrogen (secondary N) is 1. The van der Waals surface area contributed by atoms with E-state index in [9.17, 15) is 0 Å². The Labute approximate surface area is 192 Å². The molecule has 4 aromatic carbocycles. The number of hydrogen-bond acceptors (Lipinski definition) is 3. The van der Waals surface area contributed by atoms with E-state index in [0.29, 0.717) is 23.2 Å². The second kappa shape index (κ2) is 10.1. The van der Waals surface area contributed by atoms with Gasteiger partial charge in [-0.05, 0) is 52.2 Å². The molecule has 31 heavy (non-hydrogen) atoms. The van der Waals surface area contributed by atoms with Crippen LogP contribution in [0.15, 0.2) is 78.9 Å². The fourth-order valence-electron chi connectivity index (χ4n) is 3.50. The Balaban J connectivity index is 1.52. The van der Waals surface area contributed by atoms with Gasteiger partial charge in [0.25, 0.3) is 0 Å². The lowest BCUT2D eigenvalue weighted by molar-refractivity contribution is 0.302. The number of ether oxygens (including phenoxy) is 2. The van der Waals surface area contributed by atoms with E-state index in [2.05, 4.69) is 41.7 Å². The zero-order valence-corrected chi connectivity index (χ0v) is 18.7. The second-order valence-electron chi connectivity index (χ2n) is 7.25. The molecule has 0 saturated carbocycles. The van der Waals surface area contributed by atoms with Crippen molar-refractivity contribution in [1.82, 2.24) is 5.32 Å². The second-order valence-corrected chi connectivity index (χ2v) is 8.07. The molecule has 158 valence electrons. The topological polar surface area (TPSA) is 30.5 Å². The molecule has 0 aliphatic carbocycles. The lowest BCUT2D eigenvalue weighted by Crippen LogP contribution is -2.14. The summed E-state index contributed by atoms with van der Waals surface area (Å²) in [4.78, 5) is 0. The van der Waals surface area contributed by atoms with Gasteiger partial charge < -0.3 is 14.8 Å². The van der Waals surface area contributed by atoms with Crippen molar-refractivity contribution in [3.8, 4) is 11.5 Å². The van der Waals surface area contributed by atoms with Crippen LogP contribution in [0.2, 0.25) is 10.0 Å². The molecule has 1 N–H and O–H groups in total. The first-order chi connectivity index (χ1) is 15.1. The highest BCUT2D eigenvalue weighted by atomic mass is 35.5. The van der Waals surface area contributed by atoms with Crippen LogP contribution in [0.25, 0.3) is 10.8 Å². The predicted octanol–water partition coefficient (Wildman–Crippen LogP) is 7.02. The van der Waals surface area contributed by atoms with Gasteiger partial charge in [0.2, 0.25) is 0 Å². The number of hydrogen-bond donors (Lipinski definition) is 1. The summed E-state index contributed by atoms with van der Waals surface area (Å²) < 4.78 is 11.4. The van der Waals surface area contributed by atoms with E-state index in [1.165, 1.54) is 16.3 Å². The van der Waals surface area contributed by atoms with Crippen molar-refractivity contribution in [2.24, 2.45) is 0 Å². The molecule has 0 radical (unpaired) electrons. The summed E-state index contributed by atoms with van der Waals surface area (Å²) >= 11 is 12.2. The van der Waals surface area contributed by atoms with Gasteiger partial charge >= 0.3 is 0 Å². The number of fused-ring (bicyclic) bond motifs is 1. The molecular formula is C26H23Cl2NO2. The Morgan fingerprint density at radius 1 is 0.774 bits per heavy atom. The maximum atomic E-state index is 6.20. The molecule has 0 amide bonds. The van der Waals surface area contributed by atoms with Crippen LogP contribution >= 0.6 is 23.2 Å². The van der Waals surface area contributed by atoms with Crippen molar-refractivity contribution in [3.05, 3.63) is 106 Å². The van der Waals surface area contributed by atoms with Crippen LogP contribution in [0.4, 0.5) is 0 Å². The predicted molar refractivity (Wildman–Crippen MR) is 128 cm³/mol. The lowest BCUT2D eigenvalue weighted by Gasteiger charge is -2.16. The molecule has 0 aromatic heterocycles. The molecule has 0 atom stereocenters. The van der Waals surface area contributed by atoms with Crippen molar-refractivity contribution in [1.29, 1.82) is 0 Å². The Bertz CT molecular complexity index is 1180. The first-order valence-electron chi connectivity index (χ1n) is 10.0. The van der Waals surface area contributed by atoms with Crippen molar-refractivity contribution in [2.75, 3.05) is 7.11 Å². The third-order valence-electron chi connectivity index (χ3n) is 5.17. The Morgan fingerprint density at radius 2 is 1.55 bits per heavy atom. The summed E-state index contributed by atoms with van der Waals surface area (Å²) in [5.41, 5.74) is 3.30. The van der Waals surface area contributed by atoms with E-state index < -0.39 is 0 Å². The van der Waals surface area contributed by atoms with Gasteiger partial charge in [0.15, 0.2) is 0 Å².